The molecule has 41 atom stereocenters. The lowest BCUT2D eigenvalue weighted by Gasteiger charge is -2.58. The van der Waals surface area contributed by atoms with Gasteiger partial charge in [0.2, 0.25) is 0 Å². The van der Waals surface area contributed by atoms with Crippen molar-refractivity contribution in [1.29, 1.82) is 0 Å². The van der Waals surface area contributed by atoms with Crippen LogP contribution in [0.3, 0.4) is 0 Å². The molecule has 11 aliphatic rings. The van der Waals surface area contributed by atoms with Gasteiger partial charge in [0.05, 0.1) is 56.9 Å². The van der Waals surface area contributed by atoms with Gasteiger partial charge in [0.1, 0.15) is 128 Å². The molecule has 548 valence electrons. The smallest absolute Gasteiger partial charge is 0.187 e. The summed E-state index contributed by atoms with van der Waals surface area (Å²) in [6, 6.07) is 0. The first-order valence-corrected chi connectivity index (χ1v) is 34.1. The summed E-state index contributed by atoms with van der Waals surface area (Å²) in [6.45, 7) is 11.4. The van der Waals surface area contributed by atoms with Gasteiger partial charge in [-0.1, -0.05) is 39.3 Å². The van der Waals surface area contributed by atoms with E-state index in [-0.39, 0.29) is 41.3 Å². The van der Waals surface area contributed by atoms with E-state index in [9.17, 15) is 86.8 Å². The average molecular weight is 1370 g/mol. The van der Waals surface area contributed by atoms with Gasteiger partial charge < -0.3 is 153 Å². The van der Waals surface area contributed by atoms with E-state index in [1.165, 1.54) is 26.3 Å². The zero-order chi connectivity index (χ0) is 68.8. The van der Waals surface area contributed by atoms with Gasteiger partial charge >= 0.3 is 0 Å². The fraction of sp³-hybridized carbons (Fsp3) is 0.969. The minimum absolute atomic E-state index is 0.0213. The Bertz CT molecular complexity index is 2540. The zero-order valence-electron chi connectivity index (χ0n) is 55.0. The normalized spacial score (nSPS) is 55.2. The first kappa shape index (κ1) is 74.7. The largest absolute Gasteiger partial charge is 0.394 e. The van der Waals surface area contributed by atoms with E-state index < -0.39 is 216 Å². The highest BCUT2D eigenvalue weighted by Gasteiger charge is 2.69. The number of allylic oxidation sites excluding steroid dienone is 1. The number of fused-ring (bicyclic) bond motifs is 7. The molecule has 3 saturated carbocycles. The Morgan fingerprint density at radius 1 is 0.505 bits per heavy atom. The fourth-order valence-corrected chi connectivity index (χ4v) is 18.2. The number of methoxy groups -OCH3 is 1. The maximum atomic E-state index is 12.4. The average Bonchev–Trinajstić information content (AvgIpc) is 1.56. The van der Waals surface area contributed by atoms with Crippen molar-refractivity contribution in [1.82, 2.24) is 0 Å². The highest BCUT2D eigenvalue weighted by molar-refractivity contribution is 5.26. The molecule has 0 aromatic rings. The van der Waals surface area contributed by atoms with Gasteiger partial charge in [0.25, 0.3) is 0 Å². The quantitative estimate of drug-likeness (QED) is 0.0510. The van der Waals surface area contributed by atoms with E-state index in [0.717, 1.165) is 32.1 Å². The molecular weight excluding hydrogens is 1260 g/mol. The third kappa shape index (κ3) is 13.8. The summed E-state index contributed by atoms with van der Waals surface area (Å²) in [6.07, 6.45) is -38.6. The summed E-state index contributed by atoms with van der Waals surface area (Å²) in [7, 11) is 1.70. The van der Waals surface area contributed by atoms with Crippen LogP contribution in [-0.4, -0.2) is 323 Å². The van der Waals surface area contributed by atoms with E-state index in [2.05, 4.69) is 26.8 Å². The number of rotatable bonds is 20. The van der Waals surface area contributed by atoms with Gasteiger partial charge in [-0.2, -0.15) is 0 Å². The lowest BCUT2D eigenvalue weighted by molar-refractivity contribution is -0.396. The van der Waals surface area contributed by atoms with Crippen LogP contribution in [0, 0.1) is 46.3 Å². The Morgan fingerprint density at radius 3 is 1.57 bits per heavy atom. The summed E-state index contributed by atoms with van der Waals surface area (Å²) in [5, 5.41) is 183. The summed E-state index contributed by atoms with van der Waals surface area (Å²) in [5.41, 5.74) is 1.01. The van der Waals surface area contributed by atoms with Crippen molar-refractivity contribution in [3.05, 3.63) is 11.6 Å². The van der Waals surface area contributed by atoms with Gasteiger partial charge in [0.15, 0.2) is 43.5 Å². The number of ether oxygens (including phenoxy) is 14. The van der Waals surface area contributed by atoms with Gasteiger partial charge in [-0.15, -0.1) is 0 Å². The van der Waals surface area contributed by atoms with Crippen LogP contribution in [0.5, 0.6) is 0 Å². The van der Waals surface area contributed by atoms with Crippen LogP contribution in [0.25, 0.3) is 0 Å². The Kier molecular flexibility index (Phi) is 23.3. The molecule has 7 saturated heterocycles. The second-order valence-electron chi connectivity index (χ2n) is 29.6. The van der Waals surface area contributed by atoms with Gasteiger partial charge in [0, 0.05) is 19.4 Å². The van der Waals surface area contributed by atoms with Crippen molar-refractivity contribution in [2.75, 3.05) is 33.5 Å². The molecule has 41 unspecified atom stereocenters. The molecule has 0 bridgehead atoms. The minimum atomic E-state index is -1.97. The van der Waals surface area contributed by atoms with E-state index in [1.807, 2.05) is 6.92 Å². The predicted molar refractivity (Wildman–Crippen MR) is 317 cm³/mol. The van der Waals surface area contributed by atoms with Crippen molar-refractivity contribution < 1.29 is 153 Å². The van der Waals surface area contributed by atoms with Crippen molar-refractivity contribution >= 4 is 0 Å². The van der Waals surface area contributed by atoms with E-state index >= 15 is 0 Å². The topological polar surface area (TPSA) is 473 Å². The molecule has 7 aliphatic heterocycles. The molecule has 4 aliphatic carbocycles. The van der Waals surface area contributed by atoms with Crippen LogP contribution in [0.15, 0.2) is 11.6 Å². The minimum Gasteiger partial charge on any atom is -0.394 e. The molecule has 10 fully saturated rings. The molecule has 95 heavy (non-hydrogen) atoms. The number of hydrogen-bond donors (Lipinski definition) is 17. The number of hydrogen-bond acceptors (Lipinski definition) is 31. The van der Waals surface area contributed by atoms with Crippen LogP contribution >= 0.6 is 0 Å². The Balaban J connectivity index is 0.725. The molecule has 0 aromatic heterocycles. The summed E-state index contributed by atoms with van der Waals surface area (Å²) in [5.74, 6) is 0.553. The molecule has 11 rings (SSSR count). The third-order valence-electron chi connectivity index (χ3n) is 24.0. The van der Waals surface area contributed by atoms with Gasteiger partial charge in [-0.05, 0) is 113 Å². The fourth-order valence-electron chi connectivity index (χ4n) is 18.2. The third-order valence-corrected chi connectivity index (χ3v) is 24.0. The van der Waals surface area contributed by atoms with E-state index in [1.54, 1.807) is 7.11 Å². The Labute approximate surface area is 551 Å². The molecule has 0 amide bonds. The first-order valence-electron chi connectivity index (χ1n) is 34.1. The Hall–Kier alpha value is -1.50. The second-order valence-corrected chi connectivity index (χ2v) is 29.6. The monoisotopic (exact) mass is 1370 g/mol. The van der Waals surface area contributed by atoms with Crippen molar-refractivity contribution in [3.63, 3.8) is 0 Å². The number of aliphatic hydroxyl groups excluding tert-OH is 17. The summed E-state index contributed by atoms with van der Waals surface area (Å²) in [4.78, 5) is 0. The molecule has 17 N–H and O–H groups in total. The van der Waals surface area contributed by atoms with Crippen molar-refractivity contribution in [2.45, 2.75) is 308 Å². The molecule has 31 heteroatoms. The highest BCUT2D eigenvalue weighted by atomic mass is 16.8. The molecule has 7 heterocycles. The summed E-state index contributed by atoms with van der Waals surface area (Å²) >= 11 is 0. The number of aliphatic hydroxyl groups is 17. The maximum absolute atomic E-state index is 12.4. The zero-order valence-corrected chi connectivity index (χ0v) is 55.0. The standard InChI is InChI=1S/C64H106O31/c1-23(22-83-56-46(76)42(72)39(69)34(19-65)88-56)11-16-64(82-8)24(2)37-33(95-64)18-32-30-10-9-28-17-29(12-14-62(28,6)31(30)13-15-63(32,37)7)87-61-55(94-57-47(77)41(71)38(68)25(3)84-57)51(81)54(36(21-67)90-61)93-59-50(80)45(75)52(26(4)86-59)91-58-49(79)44(74)53(27(5)85-58)92-60-48(78)43(73)40(70)35(20-66)89-60/h9,23-27,29-61,65-81H,10-22H2,1-8H3. The molecule has 0 spiro atoms. The van der Waals surface area contributed by atoms with Crippen LogP contribution in [0.4, 0.5) is 0 Å². The SMILES string of the molecule is COC1(CCC(C)COC2OC(CO)C(O)C(O)C2O)OC2CC3C4CC=C5CC(OC6OC(CO)C(OC7OC(C)C(OC8OC(C)C(OC9OC(CO)C(O)C(O)C9O)C(O)C8O)C(O)C7O)C(O)C6OC6OC(C)C(O)C(O)C6O)CCC5(C)C4CCC3(C)C2C1C. The van der Waals surface area contributed by atoms with E-state index in [0.29, 0.717) is 43.4 Å². The van der Waals surface area contributed by atoms with Crippen molar-refractivity contribution in [3.8, 4) is 0 Å². The highest BCUT2D eigenvalue weighted by Crippen LogP contribution is 2.70. The van der Waals surface area contributed by atoms with Crippen LogP contribution < -0.4 is 0 Å². The van der Waals surface area contributed by atoms with Crippen LogP contribution in [0.2, 0.25) is 0 Å². The predicted octanol–water partition coefficient (Wildman–Crippen LogP) is -4.65. The van der Waals surface area contributed by atoms with Gasteiger partial charge in [-0.25, -0.2) is 0 Å². The lowest BCUT2D eigenvalue weighted by Crippen LogP contribution is -2.67. The maximum Gasteiger partial charge on any atom is 0.187 e. The molecular formula is C64H106O31. The van der Waals surface area contributed by atoms with Crippen LogP contribution in [-0.2, 0) is 66.3 Å². The second kappa shape index (κ2) is 29.7. The molecule has 31 nitrogen and oxygen atoms in total. The van der Waals surface area contributed by atoms with Crippen molar-refractivity contribution in [2.24, 2.45) is 46.3 Å². The van der Waals surface area contributed by atoms with E-state index in [4.69, 9.17) is 66.3 Å². The first-order chi connectivity index (χ1) is 44.9. The molecule has 0 radical (unpaired) electrons. The lowest BCUT2D eigenvalue weighted by atomic mass is 9.47. The Morgan fingerprint density at radius 2 is 1.00 bits per heavy atom. The summed E-state index contributed by atoms with van der Waals surface area (Å²) < 4.78 is 85.4. The van der Waals surface area contributed by atoms with Crippen LogP contribution in [0.1, 0.15) is 106 Å². The molecule has 0 aromatic carbocycles. The van der Waals surface area contributed by atoms with Gasteiger partial charge in [-0.3, -0.25) is 0 Å².